The van der Waals surface area contributed by atoms with Gasteiger partial charge in [-0.2, -0.15) is 0 Å². The fourth-order valence-corrected chi connectivity index (χ4v) is 1.57. The van der Waals surface area contributed by atoms with Crippen LogP contribution in [0.3, 0.4) is 0 Å². The molecule has 84 valence electrons. The minimum Gasteiger partial charge on any atom is -0.521 e. The monoisotopic (exact) mass is 256 g/mol. The van der Waals surface area contributed by atoms with Crippen LogP contribution in [0.4, 0.5) is 12.9 Å². The van der Waals surface area contributed by atoms with E-state index in [4.69, 9.17) is 4.74 Å². The smallest absolute Gasteiger partial charge is 0.521 e. The first kappa shape index (κ1) is 16.5. The van der Waals surface area contributed by atoms with Gasteiger partial charge < -0.3 is 17.7 Å². The zero-order valence-corrected chi connectivity index (χ0v) is 13.1. The van der Waals surface area contributed by atoms with Gasteiger partial charge in [-0.25, -0.2) is 0 Å². The van der Waals surface area contributed by atoms with Crippen molar-refractivity contribution < 1.29 is 69.1 Å². The number of rotatable bonds is 3. The van der Waals surface area contributed by atoms with E-state index in [0.717, 1.165) is 16.7 Å². The molecule has 1 nitrogen and oxygen atoms in total. The number of aryl methyl sites for hydroxylation is 3. The Hall–Kier alpha value is 0.511. The summed E-state index contributed by atoms with van der Waals surface area (Å²) in [5.74, 6) is 0.347. The fourth-order valence-electron chi connectivity index (χ4n) is 1.57. The molecule has 0 aliphatic rings. The van der Waals surface area contributed by atoms with E-state index < -0.39 is 13.5 Å². The van der Waals surface area contributed by atoms with Crippen LogP contribution in [0, 0.1) is 20.8 Å². The van der Waals surface area contributed by atoms with E-state index in [0.29, 0.717) is 5.75 Å². The molecule has 0 N–H and O–H groups in total. The van der Waals surface area contributed by atoms with Crippen LogP contribution in [0.25, 0.3) is 0 Å². The Kier molecular flexibility index (Phi) is 6.65. The predicted octanol–water partition coefficient (Wildman–Crippen LogP) is 0.381. The first-order valence-corrected chi connectivity index (χ1v) is 4.71. The number of benzene rings is 1. The summed E-state index contributed by atoms with van der Waals surface area (Å²) in [4.78, 5) is 0. The van der Waals surface area contributed by atoms with Crippen LogP contribution in [0.15, 0.2) is 12.1 Å². The zero-order chi connectivity index (χ0) is 11.6. The van der Waals surface area contributed by atoms with Gasteiger partial charge in [0.25, 0.3) is 0 Å². The normalized spacial score (nSPS) is 10.9. The molecule has 6 heteroatoms. The standard InChI is InChI=1S/C10H13BF3O.K/c1-7-4-8(2)10(9(3)5-7)15-6-11(12,13)14;/h4-5H,6H2,1-3H3;/q-1;+1. The molecule has 0 radical (unpaired) electrons. The van der Waals surface area contributed by atoms with Crippen molar-refractivity contribution in [3.63, 3.8) is 0 Å². The Bertz CT molecular complexity index is 343. The van der Waals surface area contributed by atoms with Gasteiger partial charge in [-0.05, 0) is 31.9 Å². The number of halogens is 3. The molecule has 1 aromatic rings. The third-order valence-electron chi connectivity index (χ3n) is 2.02. The number of ether oxygens (including phenoxy) is 1. The van der Waals surface area contributed by atoms with E-state index in [1.807, 2.05) is 19.1 Å². The van der Waals surface area contributed by atoms with Gasteiger partial charge in [-0.3, -0.25) is 0 Å². The predicted molar refractivity (Wildman–Crippen MR) is 55.2 cm³/mol. The van der Waals surface area contributed by atoms with Gasteiger partial charge in [-0.15, -0.1) is 0 Å². The van der Waals surface area contributed by atoms with Crippen molar-refractivity contribution in [2.45, 2.75) is 20.8 Å². The maximum atomic E-state index is 12.0. The third kappa shape index (κ3) is 5.23. The summed E-state index contributed by atoms with van der Waals surface area (Å²) < 4.78 is 40.9. The second kappa shape index (κ2) is 6.45. The van der Waals surface area contributed by atoms with Gasteiger partial charge in [0, 0.05) is 0 Å². The summed E-state index contributed by atoms with van der Waals surface area (Å²) >= 11 is 0. The minimum absolute atomic E-state index is 0. The van der Waals surface area contributed by atoms with Crippen LogP contribution in [0.2, 0.25) is 0 Å². The summed E-state index contributed by atoms with van der Waals surface area (Å²) in [5.41, 5.74) is 2.51. The SMILES string of the molecule is Cc1cc(C)c(OC[B-](F)(F)F)c(C)c1.[K+]. The van der Waals surface area contributed by atoms with Crippen LogP contribution < -0.4 is 56.1 Å². The molecule has 0 saturated carbocycles. The molecule has 1 aromatic carbocycles. The molecule has 0 amide bonds. The van der Waals surface area contributed by atoms with E-state index in [9.17, 15) is 12.9 Å². The van der Waals surface area contributed by atoms with E-state index in [1.54, 1.807) is 13.8 Å². The zero-order valence-electron chi connectivity index (χ0n) is 9.98. The van der Waals surface area contributed by atoms with Crippen LogP contribution in [-0.2, 0) is 0 Å². The van der Waals surface area contributed by atoms with Gasteiger partial charge in [0.1, 0.15) is 5.75 Å². The van der Waals surface area contributed by atoms with Gasteiger partial charge in [0.15, 0.2) is 0 Å². The van der Waals surface area contributed by atoms with Crippen molar-refractivity contribution in [3.8, 4) is 5.75 Å². The van der Waals surface area contributed by atoms with E-state index in [-0.39, 0.29) is 51.4 Å². The van der Waals surface area contributed by atoms with Crippen molar-refractivity contribution in [2.24, 2.45) is 0 Å². The van der Waals surface area contributed by atoms with Crippen LogP contribution in [0.5, 0.6) is 5.75 Å². The molecule has 0 bridgehead atoms. The maximum absolute atomic E-state index is 12.0. The number of hydrogen-bond donors (Lipinski definition) is 0. The molecular formula is C10H13BF3KO. The second-order valence-electron chi connectivity index (χ2n) is 3.75. The average Bonchev–Trinajstić information content (AvgIpc) is 1.99. The van der Waals surface area contributed by atoms with Crippen LogP contribution in [-0.4, -0.2) is 13.5 Å². The summed E-state index contributed by atoms with van der Waals surface area (Å²) in [5, 5.41) is 0. The Morgan fingerprint density at radius 3 is 1.88 bits per heavy atom. The molecule has 0 atom stereocenters. The number of hydrogen-bond acceptors (Lipinski definition) is 1. The third-order valence-corrected chi connectivity index (χ3v) is 2.02. The molecule has 1 rings (SSSR count). The summed E-state index contributed by atoms with van der Waals surface area (Å²) in [7, 11) is 0. The summed E-state index contributed by atoms with van der Waals surface area (Å²) in [6.07, 6.45) is 0. The molecule has 0 saturated heterocycles. The van der Waals surface area contributed by atoms with Crippen LogP contribution in [0.1, 0.15) is 16.7 Å². The van der Waals surface area contributed by atoms with Gasteiger partial charge >= 0.3 is 58.4 Å². The maximum Gasteiger partial charge on any atom is 1.00 e. The summed E-state index contributed by atoms with van der Waals surface area (Å²) in [6.45, 7) is -0.666. The fraction of sp³-hybridized carbons (Fsp3) is 0.400. The molecule has 0 spiro atoms. The quantitative estimate of drug-likeness (QED) is 0.710. The Balaban J connectivity index is 0.00000225. The van der Waals surface area contributed by atoms with E-state index in [2.05, 4.69) is 0 Å². The average molecular weight is 256 g/mol. The molecular weight excluding hydrogens is 243 g/mol. The van der Waals surface area contributed by atoms with Gasteiger partial charge in [-0.1, -0.05) is 17.7 Å². The first-order chi connectivity index (χ1) is 6.79. The Morgan fingerprint density at radius 1 is 1.06 bits per heavy atom. The van der Waals surface area contributed by atoms with Crippen molar-refractivity contribution >= 4 is 6.98 Å². The molecule has 0 aromatic heterocycles. The Morgan fingerprint density at radius 2 is 1.50 bits per heavy atom. The molecule has 0 fully saturated rings. The van der Waals surface area contributed by atoms with Crippen molar-refractivity contribution in [1.82, 2.24) is 0 Å². The van der Waals surface area contributed by atoms with Crippen LogP contribution >= 0.6 is 0 Å². The largest absolute Gasteiger partial charge is 1.00 e. The van der Waals surface area contributed by atoms with Crippen molar-refractivity contribution in [2.75, 3.05) is 6.51 Å². The Labute approximate surface area is 136 Å². The van der Waals surface area contributed by atoms with Gasteiger partial charge in [0.2, 0.25) is 0 Å². The molecule has 0 unspecified atom stereocenters. The topological polar surface area (TPSA) is 9.23 Å². The van der Waals surface area contributed by atoms with Gasteiger partial charge in [0.05, 0.1) is 6.51 Å². The van der Waals surface area contributed by atoms with Crippen molar-refractivity contribution in [1.29, 1.82) is 0 Å². The molecule has 0 aliphatic carbocycles. The molecule has 16 heavy (non-hydrogen) atoms. The first-order valence-electron chi connectivity index (χ1n) is 4.71. The minimum atomic E-state index is -4.89. The van der Waals surface area contributed by atoms with E-state index >= 15 is 0 Å². The second-order valence-corrected chi connectivity index (χ2v) is 3.75. The van der Waals surface area contributed by atoms with Crippen molar-refractivity contribution in [3.05, 3.63) is 28.8 Å². The molecule has 0 heterocycles. The molecule has 0 aliphatic heterocycles. The summed E-state index contributed by atoms with van der Waals surface area (Å²) in [6, 6.07) is 3.62. The van der Waals surface area contributed by atoms with E-state index in [1.165, 1.54) is 0 Å².